The van der Waals surface area contributed by atoms with Gasteiger partial charge in [0.05, 0.1) is 5.56 Å². The van der Waals surface area contributed by atoms with E-state index in [2.05, 4.69) is 5.32 Å². The van der Waals surface area contributed by atoms with Crippen molar-refractivity contribution in [2.45, 2.75) is 19.5 Å². The number of halogens is 2. The topological polar surface area (TPSA) is 49.3 Å². The zero-order valence-electron chi connectivity index (χ0n) is 11.4. The molecule has 2 aromatic carbocycles. The molecule has 1 atom stereocenters. The van der Waals surface area contributed by atoms with Crippen LogP contribution in [-0.2, 0) is 6.54 Å². The molecule has 0 saturated carbocycles. The van der Waals surface area contributed by atoms with Gasteiger partial charge in [-0.05, 0) is 36.2 Å². The van der Waals surface area contributed by atoms with Crippen LogP contribution in [0, 0.1) is 5.82 Å². The first-order valence-electron chi connectivity index (χ1n) is 6.48. The van der Waals surface area contributed by atoms with Crippen molar-refractivity contribution in [3.63, 3.8) is 0 Å². The summed E-state index contributed by atoms with van der Waals surface area (Å²) >= 11 is 6.12. The van der Waals surface area contributed by atoms with Crippen LogP contribution < -0.4 is 5.32 Å². The van der Waals surface area contributed by atoms with Gasteiger partial charge in [-0.1, -0.05) is 35.9 Å². The maximum atomic E-state index is 13.6. The Hall–Kier alpha value is -1.91. The summed E-state index contributed by atoms with van der Waals surface area (Å²) in [7, 11) is 0. The Labute approximate surface area is 127 Å². The smallest absolute Gasteiger partial charge is 0.338 e. The highest BCUT2D eigenvalue weighted by Crippen LogP contribution is 2.22. The van der Waals surface area contributed by atoms with Crippen LogP contribution in [0.3, 0.4) is 0 Å². The van der Waals surface area contributed by atoms with E-state index in [-0.39, 0.29) is 11.6 Å². The van der Waals surface area contributed by atoms with Gasteiger partial charge in [0.25, 0.3) is 0 Å². The lowest BCUT2D eigenvalue weighted by atomic mass is 10.1. The fourth-order valence-corrected chi connectivity index (χ4v) is 2.35. The molecule has 0 aliphatic carbocycles. The fourth-order valence-electron chi connectivity index (χ4n) is 2.05. The van der Waals surface area contributed by atoms with Crippen LogP contribution in [-0.4, -0.2) is 11.1 Å². The van der Waals surface area contributed by atoms with Crippen molar-refractivity contribution in [2.75, 3.05) is 0 Å². The molecule has 0 aliphatic rings. The summed E-state index contributed by atoms with van der Waals surface area (Å²) in [6.45, 7) is 2.38. The van der Waals surface area contributed by atoms with Crippen molar-refractivity contribution in [1.82, 2.24) is 5.32 Å². The molecule has 0 aliphatic heterocycles. The molecule has 0 heterocycles. The van der Waals surface area contributed by atoms with Crippen molar-refractivity contribution in [1.29, 1.82) is 0 Å². The van der Waals surface area contributed by atoms with Crippen molar-refractivity contribution in [3.8, 4) is 0 Å². The average Bonchev–Trinajstić information content (AvgIpc) is 2.45. The summed E-state index contributed by atoms with van der Waals surface area (Å²) < 4.78 is 13.6. The summed E-state index contributed by atoms with van der Waals surface area (Å²) in [4.78, 5) is 10.8. The molecule has 5 heteroatoms. The van der Waals surface area contributed by atoms with E-state index in [9.17, 15) is 9.18 Å². The molecule has 0 fully saturated rings. The Morgan fingerprint density at radius 3 is 2.67 bits per heavy atom. The van der Waals surface area contributed by atoms with E-state index in [0.29, 0.717) is 17.1 Å². The Kier molecular flexibility index (Phi) is 4.94. The van der Waals surface area contributed by atoms with Crippen LogP contribution in [0.4, 0.5) is 4.39 Å². The third-order valence-electron chi connectivity index (χ3n) is 3.25. The maximum absolute atomic E-state index is 13.6. The molecule has 1 unspecified atom stereocenters. The molecular weight excluding hydrogens is 293 g/mol. The summed E-state index contributed by atoms with van der Waals surface area (Å²) in [6, 6.07) is 11.6. The lowest BCUT2D eigenvalue weighted by Crippen LogP contribution is -2.18. The van der Waals surface area contributed by atoms with E-state index in [4.69, 9.17) is 16.7 Å². The number of carbonyl (C=O) groups is 1. The van der Waals surface area contributed by atoms with Gasteiger partial charge in [0.2, 0.25) is 0 Å². The largest absolute Gasteiger partial charge is 0.478 e. The number of nitrogens with one attached hydrogen (secondary N) is 1. The van der Waals surface area contributed by atoms with Gasteiger partial charge in [-0.2, -0.15) is 0 Å². The standard InChI is InChI=1S/C16H15ClFNO2/c1-10(12-4-2-3-5-14(12)17)19-9-11-6-7-13(16(20)21)15(18)8-11/h2-8,10,19H,9H2,1H3,(H,20,21). The van der Waals surface area contributed by atoms with Crippen molar-refractivity contribution < 1.29 is 14.3 Å². The lowest BCUT2D eigenvalue weighted by molar-refractivity contribution is 0.0692. The number of aromatic carboxylic acids is 1. The summed E-state index contributed by atoms with van der Waals surface area (Å²) in [6.07, 6.45) is 0. The molecule has 3 nitrogen and oxygen atoms in total. The predicted molar refractivity (Wildman–Crippen MR) is 80.1 cm³/mol. The average molecular weight is 308 g/mol. The van der Waals surface area contributed by atoms with Gasteiger partial charge in [-0.15, -0.1) is 0 Å². The highest BCUT2D eigenvalue weighted by atomic mass is 35.5. The van der Waals surface area contributed by atoms with Crippen molar-refractivity contribution in [3.05, 3.63) is 70.0 Å². The van der Waals surface area contributed by atoms with Crippen LogP contribution in [0.15, 0.2) is 42.5 Å². The monoisotopic (exact) mass is 307 g/mol. The van der Waals surface area contributed by atoms with Crippen LogP contribution in [0.25, 0.3) is 0 Å². The molecule has 0 amide bonds. The predicted octanol–water partition coefficient (Wildman–Crippen LogP) is 4.03. The minimum absolute atomic E-state index is 0.000844. The molecule has 0 radical (unpaired) electrons. The van der Waals surface area contributed by atoms with E-state index in [0.717, 1.165) is 5.56 Å². The Balaban J connectivity index is 2.05. The highest BCUT2D eigenvalue weighted by molar-refractivity contribution is 6.31. The first-order valence-corrected chi connectivity index (χ1v) is 6.86. The third-order valence-corrected chi connectivity index (χ3v) is 3.59. The van der Waals surface area contributed by atoms with Gasteiger partial charge in [0.1, 0.15) is 5.82 Å². The minimum atomic E-state index is -1.27. The molecule has 21 heavy (non-hydrogen) atoms. The van der Waals surface area contributed by atoms with Crippen LogP contribution in [0.5, 0.6) is 0 Å². The van der Waals surface area contributed by atoms with E-state index < -0.39 is 11.8 Å². The second-order valence-electron chi connectivity index (χ2n) is 4.74. The highest BCUT2D eigenvalue weighted by Gasteiger charge is 2.12. The Bertz CT molecular complexity index is 660. The lowest BCUT2D eigenvalue weighted by Gasteiger charge is -2.16. The summed E-state index contributed by atoms with van der Waals surface area (Å²) in [5, 5.41) is 12.7. The molecule has 0 saturated heterocycles. The maximum Gasteiger partial charge on any atom is 0.338 e. The number of rotatable bonds is 5. The SMILES string of the molecule is CC(NCc1ccc(C(=O)O)c(F)c1)c1ccccc1Cl. The first kappa shape index (κ1) is 15.5. The second-order valence-corrected chi connectivity index (χ2v) is 5.15. The molecule has 0 spiro atoms. The number of carboxylic acid groups (broad SMARTS) is 1. The zero-order chi connectivity index (χ0) is 15.4. The van der Waals surface area contributed by atoms with Gasteiger partial charge in [-0.3, -0.25) is 0 Å². The molecule has 0 bridgehead atoms. The third kappa shape index (κ3) is 3.80. The van der Waals surface area contributed by atoms with E-state index in [1.54, 1.807) is 6.07 Å². The number of hydrogen-bond acceptors (Lipinski definition) is 2. The fraction of sp³-hybridized carbons (Fsp3) is 0.188. The van der Waals surface area contributed by atoms with E-state index >= 15 is 0 Å². The van der Waals surface area contributed by atoms with Crippen molar-refractivity contribution in [2.24, 2.45) is 0 Å². The molecule has 2 N–H and O–H groups in total. The van der Waals surface area contributed by atoms with E-state index in [1.807, 2.05) is 31.2 Å². The quantitative estimate of drug-likeness (QED) is 0.877. The molecule has 2 rings (SSSR count). The van der Waals surface area contributed by atoms with Gasteiger partial charge in [-0.25, -0.2) is 9.18 Å². The van der Waals surface area contributed by atoms with Crippen LogP contribution in [0.1, 0.15) is 34.5 Å². The van der Waals surface area contributed by atoms with Crippen molar-refractivity contribution >= 4 is 17.6 Å². The summed E-state index contributed by atoms with van der Waals surface area (Å²) in [5.74, 6) is -2.00. The van der Waals surface area contributed by atoms with E-state index in [1.165, 1.54) is 12.1 Å². The first-order chi connectivity index (χ1) is 9.99. The molecule has 2 aromatic rings. The Morgan fingerprint density at radius 2 is 2.05 bits per heavy atom. The second kappa shape index (κ2) is 6.70. The van der Waals surface area contributed by atoms with Gasteiger partial charge in [0, 0.05) is 17.6 Å². The number of hydrogen-bond donors (Lipinski definition) is 2. The van der Waals surface area contributed by atoms with Gasteiger partial charge < -0.3 is 10.4 Å². The molecule has 110 valence electrons. The normalized spacial score (nSPS) is 12.1. The van der Waals surface area contributed by atoms with Gasteiger partial charge in [0.15, 0.2) is 0 Å². The summed E-state index contributed by atoms with van der Waals surface area (Å²) in [5.41, 5.74) is 1.32. The number of carboxylic acids is 1. The zero-order valence-corrected chi connectivity index (χ0v) is 12.2. The number of benzene rings is 2. The Morgan fingerprint density at radius 1 is 1.33 bits per heavy atom. The minimum Gasteiger partial charge on any atom is -0.478 e. The molecule has 0 aromatic heterocycles. The molecular formula is C16H15ClFNO2. The van der Waals surface area contributed by atoms with Crippen LogP contribution >= 0.6 is 11.6 Å². The van der Waals surface area contributed by atoms with Gasteiger partial charge >= 0.3 is 5.97 Å². The van der Waals surface area contributed by atoms with Crippen LogP contribution in [0.2, 0.25) is 5.02 Å².